The first-order valence-electron chi connectivity index (χ1n) is 7.80. The van der Waals surface area contributed by atoms with E-state index in [0.717, 1.165) is 26.2 Å². The van der Waals surface area contributed by atoms with Crippen LogP contribution in [-0.2, 0) is 6.54 Å². The van der Waals surface area contributed by atoms with Gasteiger partial charge in [-0.15, -0.1) is 0 Å². The zero-order valence-corrected chi connectivity index (χ0v) is 12.9. The van der Waals surface area contributed by atoms with Crippen molar-refractivity contribution >= 4 is 0 Å². The van der Waals surface area contributed by atoms with Crippen LogP contribution in [0.15, 0.2) is 30.3 Å². The molecule has 0 saturated carbocycles. The Kier molecular flexibility index (Phi) is 8.52. The standard InChI is InChI=1S/C17H30N2/c1-4-10-17(14-18-13-5-2)19(6-3)15-16-11-8-7-9-12-16/h7-9,11-12,17-18H,4-6,10,13-15H2,1-3H3. The summed E-state index contributed by atoms with van der Waals surface area (Å²) in [7, 11) is 0. The molecule has 1 unspecified atom stereocenters. The second kappa shape index (κ2) is 9.99. The molecule has 108 valence electrons. The van der Waals surface area contributed by atoms with Crippen LogP contribution in [0.25, 0.3) is 0 Å². The SMILES string of the molecule is CCCNCC(CCC)N(CC)Cc1ccccc1. The molecule has 0 aliphatic rings. The van der Waals surface area contributed by atoms with Gasteiger partial charge in [0.1, 0.15) is 0 Å². The number of nitrogens with zero attached hydrogens (tertiary/aromatic N) is 1. The van der Waals surface area contributed by atoms with Crippen LogP contribution in [0.1, 0.15) is 45.6 Å². The van der Waals surface area contributed by atoms with E-state index in [9.17, 15) is 0 Å². The van der Waals surface area contributed by atoms with E-state index in [4.69, 9.17) is 0 Å². The quantitative estimate of drug-likeness (QED) is 0.647. The van der Waals surface area contributed by atoms with Crippen LogP contribution < -0.4 is 5.32 Å². The minimum absolute atomic E-state index is 0.654. The maximum Gasteiger partial charge on any atom is 0.0237 e. The molecule has 0 saturated heterocycles. The Labute approximate surface area is 119 Å². The largest absolute Gasteiger partial charge is 0.315 e. The lowest BCUT2D eigenvalue weighted by molar-refractivity contribution is 0.182. The number of benzene rings is 1. The number of rotatable bonds is 10. The van der Waals surface area contributed by atoms with Crippen LogP contribution in [0.5, 0.6) is 0 Å². The van der Waals surface area contributed by atoms with Crippen LogP contribution in [-0.4, -0.2) is 30.6 Å². The maximum absolute atomic E-state index is 3.58. The van der Waals surface area contributed by atoms with Gasteiger partial charge in [0.15, 0.2) is 0 Å². The number of hydrogen-bond acceptors (Lipinski definition) is 2. The third-order valence-corrected chi connectivity index (χ3v) is 3.58. The molecule has 0 amide bonds. The first-order valence-corrected chi connectivity index (χ1v) is 7.80. The van der Waals surface area contributed by atoms with E-state index in [1.54, 1.807) is 0 Å². The summed E-state index contributed by atoms with van der Waals surface area (Å²) in [5, 5.41) is 3.58. The van der Waals surface area contributed by atoms with Crippen LogP contribution in [0.2, 0.25) is 0 Å². The van der Waals surface area contributed by atoms with Gasteiger partial charge in [0.2, 0.25) is 0 Å². The van der Waals surface area contributed by atoms with E-state index in [1.165, 1.54) is 24.8 Å². The van der Waals surface area contributed by atoms with Crippen LogP contribution >= 0.6 is 0 Å². The molecule has 0 spiro atoms. The van der Waals surface area contributed by atoms with Gasteiger partial charge in [-0.25, -0.2) is 0 Å². The predicted octanol–water partition coefficient (Wildman–Crippen LogP) is 3.68. The molecule has 2 heteroatoms. The Morgan fingerprint density at radius 3 is 2.37 bits per heavy atom. The van der Waals surface area contributed by atoms with Gasteiger partial charge >= 0.3 is 0 Å². The van der Waals surface area contributed by atoms with E-state index in [0.29, 0.717) is 6.04 Å². The lowest BCUT2D eigenvalue weighted by Gasteiger charge is -2.31. The highest BCUT2D eigenvalue weighted by Gasteiger charge is 2.15. The number of nitrogens with one attached hydrogen (secondary N) is 1. The molecule has 0 aliphatic heterocycles. The zero-order valence-electron chi connectivity index (χ0n) is 12.9. The van der Waals surface area contributed by atoms with Crippen LogP contribution in [0.4, 0.5) is 0 Å². The Morgan fingerprint density at radius 2 is 1.79 bits per heavy atom. The third kappa shape index (κ3) is 6.22. The summed E-state index contributed by atoms with van der Waals surface area (Å²) in [4.78, 5) is 2.60. The molecule has 1 rings (SSSR count). The maximum atomic E-state index is 3.58. The molecular formula is C17H30N2. The highest BCUT2D eigenvalue weighted by Crippen LogP contribution is 2.11. The zero-order chi connectivity index (χ0) is 13.9. The summed E-state index contributed by atoms with van der Waals surface area (Å²) in [6, 6.07) is 11.5. The smallest absolute Gasteiger partial charge is 0.0237 e. The van der Waals surface area contributed by atoms with Crippen molar-refractivity contribution in [2.45, 2.75) is 52.6 Å². The Morgan fingerprint density at radius 1 is 1.05 bits per heavy atom. The van der Waals surface area contributed by atoms with Crippen molar-refractivity contribution in [1.29, 1.82) is 0 Å². The van der Waals surface area contributed by atoms with E-state index >= 15 is 0 Å². The van der Waals surface area contributed by atoms with Gasteiger partial charge in [-0.05, 0) is 31.5 Å². The van der Waals surface area contributed by atoms with Gasteiger partial charge in [-0.2, -0.15) is 0 Å². The second-order valence-corrected chi connectivity index (χ2v) is 5.20. The summed E-state index contributed by atoms with van der Waals surface area (Å²) in [6.07, 6.45) is 3.74. The molecule has 0 radical (unpaired) electrons. The fourth-order valence-electron chi connectivity index (χ4n) is 2.51. The minimum atomic E-state index is 0.654. The molecule has 19 heavy (non-hydrogen) atoms. The van der Waals surface area contributed by atoms with Gasteiger partial charge < -0.3 is 5.32 Å². The normalized spacial score (nSPS) is 12.8. The third-order valence-electron chi connectivity index (χ3n) is 3.58. The van der Waals surface area contributed by atoms with E-state index in [-0.39, 0.29) is 0 Å². The average molecular weight is 262 g/mol. The fourth-order valence-corrected chi connectivity index (χ4v) is 2.51. The first kappa shape index (κ1) is 16.2. The van der Waals surface area contributed by atoms with Crippen molar-refractivity contribution in [3.05, 3.63) is 35.9 Å². The summed E-state index contributed by atoms with van der Waals surface area (Å²) in [5.74, 6) is 0. The van der Waals surface area contributed by atoms with E-state index in [2.05, 4.69) is 61.3 Å². The van der Waals surface area contributed by atoms with Crippen molar-refractivity contribution in [2.75, 3.05) is 19.6 Å². The highest BCUT2D eigenvalue weighted by atomic mass is 15.2. The minimum Gasteiger partial charge on any atom is -0.315 e. The van der Waals surface area contributed by atoms with Crippen LogP contribution in [0.3, 0.4) is 0 Å². The Hall–Kier alpha value is -0.860. The van der Waals surface area contributed by atoms with E-state index in [1.807, 2.05) is 0 Å². The van der Waals surface area contributed by atoms with Crippen molar-refractivity contribution in [3.63, 3.8) is 0 Å². The summed E-state index contributed by atoms with van der Waals surface area (Å²) >= 11 is 0. The topological polar surface area (TPSA) is 15.3 Å². The molecule has 0 fully saturated rings. The molecule has 0 bridgehead atoms. The molecule has 1 aromatic carbocycles. The van der Waals surface area contributed by atoms with Crippen molar-refractivity contribution in [1.82, 2.24) is 10.2 Å². The molecule has 0 aliphatic carbocycles. The predicted molar refractivity (Wildman–Crippen MR) is 84.4 cm³/mol. The van der Waals surface area contributed by atoms with Crippen molar-refractivity contribution in [3.8, 4) is 0 Å². The summed E-state index contributed by atoms with van der Waals surface area (Å²) in [5.41, 5.74) is 1.42. The number of hydrogen-bond donors (Lipinski definition) is 1. The summed E-state index contributed by atoms with van der Waals surface area (Å²) in [6.45, 7) is 11.2. The summed E-state index contributed by atoms with van der Waals surface area (Å²) < 4.78 is 0. The highest BCUT2D eigenvalue weighted by molar-refractivity contribution is 5.14. The van der Waals surface area contributed by atoms with Crippen molar-refractivity contribution in [2.24, 2.45) is 0 Å². The molecule has 2 nitrogen and oxygen atoms in total. The molecule has 0 aromatic heterocycles. The Balaban J connectivity index is 2.56. The Bertz CT molecular complexity index is 310. The van der Waals surface area contributed by atoms with Gasteiger partial charge in [0, 0.05) is 19.1 Å². The van der Waals surface area contributed by atoms with Gasteiger partial charge in [-0.1, -0.05) is 57.5 Å². The van der Waals surface area contributed by atoms with Crippen molar-refractivity contribution < 1.29 is 0 Å². The second-order valence-electron chi connectivity index (χ2n) is 5.20. The van der Waals surface area contributed by atoms with Gasteiger partial charge in [-0.3, -0.25) is 4.90 Å². The average Bonchev–Trinajstić information content (AvgIpc) is 2.45. The fraction of sp³-hybridized carbons (Fsp3) is 0.647. The first-order chi connectivity index (χ1) is 9.31. The molecule has 1 aromatic rings. The molecule has 1 N–H and O–H groups in total. The van der Waals surface area contributed by atoms with E-state index < -0.39 is 0 Å². The van der Waals surface area contributed by atoms with Gasteiger partial charge in [0.25, 0.3) is 0 Å². The van der Waals surface area contributed by atoms with Crippen LogP contribution in [0, 0.1) is 0 Å². The van der Waals surface area contributed by atoms with Gasteiger partial charge in [0.05, 0.1) is 0 Å². The molecular weight excluding hydrogens is 232 g/mol. The lowest BCUT2D eigenvalue weighted by atomic mass is 10.1. The molecule has 1 atom stereocenters. The number of likely N-dealkylation sites (N-methyl/N-ethyl adjacent to an activating group) is 1. The monoisotopic (exact) mass is 262 g/mol. The molecule has 0 heterocycles. The lowest BCUT2D eigenvalue weighted by Crippen LogP contribution is -2.42.